The van der Waals surface area contributed by atoms with E-state index in [9.17, 15) is 14.7 Å². The molecule has 39 heavy (non-hydrogen) atoms. The van der Waals surface area contributed by atoms with Gasteiger partial charge in [-0.15, -0.1) is 0 Å². The average Bonchev–Trinajstić information content (AvgIpc) is 3.47. The fourth-order valence-electron chi connectivity index (χ4n) is 5.84. The molecule has 3 N–H and O–H groups in total. The standard InChI is InChI=1S/C28H39N5O6/c1-18-27(19(2)39-31-18)30-28(36)33-15-22(34)16-37-17-25-24(33)9-8-23(38-25)12-26(35)29-21-10-11-32(14-21)13-20-6-4-3-5-7-20/h3-7,21-25,34H,8-17H2,1-2H3,(H,29,35)(H,30,36)/t21-,22+,23-,24-,25+/m0/s1. The van der Waals surface area contributed by atoms with Crippen molar-refractivity contribution in [2.45, 2.75) is 76.5 Å². The molecule has 212 valence electrons. The number of urea groups is 1. The number of hydrogen-bond acceptors (Lipinski definition) is 8. The molecule has 1 aromatic carbocycles. The number of ether oxygens (including phenoxy) is 2. The highest BCUT2D eigenvalue weighted by atomic mass is 16.5. The van der Waals surface area contributed by atoms with Gasteiger partial charge in [0, 0.05) is 25.7 Å². The molecular weight excluding hydrogens is 502 g/mol. The zero-order valence-electron chi connectivity index (χ0n) is 22.7. The third kappa shape index (κ3) is 6.96. The van der Waals surface area contributed by atoms with Gasteiger partial charge in [-0.1, -0.05) is 35.5 Å². The van der Waals surface area contributed by atoms with Gasteiger partial charge in [0.25, 0.3) is 0 Å². The monoisotopic (exact) mass is 541 g/mol. The van der Waals surface area contributed by atoms with Crippen LogP contribution >= 0.6 is 0 Å². The number of carbonyl (C=O) groups excluding carboxylic acids is 2. The third-order valence-electron chi connectivity index (χ3n) is 7.81. The van der Waals surface area contributed by atoms with E-state index in [1.165, 1.54) is 5.56 Å². The van der Waals surface area contributed by atoms with Gasteiger partial charge in [0.1, 0.15) is 17.5 Å². The van der Waals surface area contributed by atoms with Crippen molar-refractivity contribution in [1.82, 2.24) is 20.3 Å². The summed E-state index contributed by atoms with van der Waals surface area (Å²) in [6, 6.07) is 9.86. The molecule has 0 spiro atoms. The highest BCUT2D eigenvalue weighted by Gasteiger charge is 2.40. The van der Waals surface area contributed by atoms with E-state index in [1.807, 2.05) is 18.2 Å². The molecule has 4 heterocycles. The molecule has 0 saturated carbocycles. The van der Waals surface area contributed by atoms with Crippen LogP contribution in [0.3, 0.4) is 0 Å². The summed E-state index contributed by atoms with van der Waals surface area (Å²) in [7, 11) is 0. The number of fused-ring (bicyclic) bond motifs is 1. The first-order valence-electron chi connectivity index (χ1n) is 13.8. The van der Waals surface area contributed by atoms with E-state index in [2.05, 4.69) is 32.8 Å². The van der Waals surface area contributed by atoms with Crippen LogP contribution in [-0.2, 0) is 20.8 Å². The molecule has 5 atom stereocenters. The minimum Gasteiger partial charge on any atom is -0.389 e. The van der Waals surface area contributed by atoms with Crippen molar-refractivity contribution in [3.8, 4) is 0 Å². The van der Waals surface area contributed by atoms with Crippen LogP contribution in [0.2, 0.25) is 0 Å². The van der Waals surface area contributed by atoms with Gasteiger partial charge in [-0.3, -0.25) is 9.69 Å². The first kappa shape index (κ1) is 27.6. The van der Waals surface area contributed by atoms with E-state index in [-0.39, 0.29) is 56.3 Å². The number of rotatable bonds is 6. The van der Waals surface area contributed by atoms with Gasteiger partial charge in [0.15, 0.2) is 5.76 Å². The van der Waals surface area contributed by atoms with Crippen molar-refractivity contribution in [3.63, 3.8) is 0 Å². The summed E-state index contributed by atoms with van der Waals surface area (Å²) in [5.74, 6) is 0.505. The molecule has 0 aliphatic carbocycles. The molecule has 3 amide bonds. The molecule has 3 aliphatic heterocycles. The normalized spacial score (nSPS) is 27.9. The Balaban J connectivity index is 1.14. The molecule has 3 saturated heterocycles. The maximum Gasteiger partial charge on any atom is 0.322 e. The van der Waals surface area contributed by atoms with Gasteiger partial charge in [-0.2, -0.15) is 0 Å². The quantitative estimate of drug-likeness (QED) is 0.508. The smallest absolute Gasteiger partial charge is 0.322 e. The number of aliphatic hydroxyl groups excluding tert-OH is 1. The number of carbonyl (C=O) groups is 2. The molecular formula is C28H39N5O6. The lowest BCUT2D eigenvalue weighted by Gasteiger charge is -2.44. The van der Waals surface area contributed by atoms with E-state index in [1.54, 1.807) is 18.7 Å². The maximum absolute atomic E-state index is 13.3. The molecule has 0 bridgehead atoms. The molecule has 0 radical (unpaired) electrons. The van der Waals surface area contributed by atoms with Crippen LogP contribution in [-0.4, -0.2) is 95.2 Å². The second-order valence-corrected chi connectivity index (χ2v) is 10.9. The summed E-state index contributed by atoms with van der Waals surface area (Å²) >= 11 is 0. The second-order valence-electron chi connectivity index (χ2n) is 10.9. The number of anilines is 1. The number of aryl methyl sites for hydroxylation is 2. The summed E-state index contributed by atoms with van der Waals surface area (Å²) in [5, 5.41) is 20.4. The maximum atomic E-state index is 13.3. The number of hydrogen-bond donors (Lipinski definition) is 3. The highest BCUT2D eigenvalue weighted by molar-refractivity contribution is 5.90. The lowest BCUT2D eigenvalue weighted by Crippen LogP contribution is -2.58. The van der Waals surface area contributed by atoms with Gasteiger partial charge in [-0.05, 0) is 38.7 Å². The Bertz CT molecular complexity index is 1110. The van der Waals surface area contributed by atoms with E-state index in [4.69, 9.17) is 14.0 Å². The van der Waals surface area contributed by atoms with Crippen LogP contribution in [0.4, 0.5) is 10.5 Å². The van der Waals surface area contributed by atoms with Crippen molar-refractivity contribution in [3.05, 3.63) is 47.3 Å². The van der Waals surface area contributed by atoms with Crippen LogP contribution in [0.5, 0.6) is 0 Å². The predicted molar refractivity (Wildman–Crippen MR) is 143 cm³/mol. The lowest BCUT2D eigenvalue weighted by atomic mass is 9.95. The zero-order chi connectivity index (χ0) is 27.4. The fourth-order valence-corrected chi connectivity index (χ4v) is 5.84. The third-order valence-corrected chi connectivity index (χ3v) is 7.81. The van der Waals surface area contributed by atoms with Gasteiger partial charge in [-0.25, -0.2) is 4.79 Å². The first-order chi connectivity index (χ1) is 18.9. The zero-order valence-corrected chi connectivity index (χ0v) is 22.7. The molecule has 3 fully saturated rings. The Labute approximate surface area is 228 Å². The number of β-amino-alcohol motifs (C(OH)–C–C–N with tert-alkyl or cyclic N) is 1. The van der Waals surface area contributed by atoms with Crippen LogP contribution in [0.1, 0.15) is 42.7 Å². The average molecular weight is 542 g/mol. The minimum atomic E-state index is -0.808. The number of nitrogens with zero attached hydrogens (tertiary/aromatic N) is 3. The van der Waals surface area contributed by atoms with Gasteiger partial charge in [0.2, 0.25) is 5.91 Å². The number of likely N-dealkylation sites (tertiary alicyclic amines) is 1. The Morgan fingerprint density at radius 1 is 1.10 bits per heavy atom. The largest absolute Gasteiger partial charge is 0.389 e. The van der Waals surface area contributed by atoms with E-state index < -0.39 is 12.2 Å². The van der Waals surface area contributed by atoms with Crippen molar-refractivity contribution < 1.29 is 28.7 Å². The topological polar surface area (TPSA) is 129 Å². The van der Waals surface area contributed by atoms with Crippen molar-refractivity contribution in [2.75, 3.05) is 38.2 Å². The fraction of sp³-hybridized carbons (Fsp3) is 0.607. The van der Waals surface area contributed by atoms with E-state index in [0.717, 1.165) is 26.1 Å². The molecule has 0 unspecified atom stereocenters. The Kier molecular flexibility index (Phi) is 8.81. The van der Waals surface area contributed by atoms with Crippen LogP contribution in [0, 0.1) is 13.8 Å². The first-order valence-corrected chi connectivity index (χ1v) is 13.8. The Morgan fingerprint density at radius 2 is 1.92 bits per heavy atom. The highest BCUT2D eigenvalue weighted by Crippen LogP contribution is 2.29. The number of nitrogens with one attached hydrogen (secondary N) is 2. The SMILES string of the molecule is Cc1noc(C)c1NC(=O)N1C[C@@H](O)COC[C@H]2O[C@H](CC(=O)N[C@H]3CCN(Cc4ccccc4)C3)CC[C@@H]21. The molecule has 3 aliphatic rings. The summed E-state index contributed by atoms with van der Waals surface area (Å²) in [5.41, 5.74) is 2.40. The summed E-state index contributed by atoms with van der Waals surface area (Å²) < 4.78 is 17.2. The summed E-state index contributed by atoms with van der Waals surface area (Å²) in [6.45, 7) is 6.64. The lowest BCUT2D eigenvalue weighted by molar-refractivity contribution is -0.150. The van der Waals surface area contributed by atoms with Crippen molar-refractivity contribution in [1.29, 1.82) is 0 Å². The summed E-state index contributed by atoms with van der Waals surface area (Å²) in [4.78, 5) is 30.2. The molecule has 11 heteroatoms. The Morgan fingerprint density at radius 3 is 2.69 bits per heavy atom. The van der Waals surface area contributed by atoms with E-state index in [0.29, 0.717) is 30.0 Å². The molecule has 5 rings (SSSR count). The molecule has 11 nitrogen and oxygen atoms in total. The van der Waals surface area contributed by atoms with Crippen LogP contribution < -0.4 is 10.6 Å². The number of benzene rings is 1. The van der Waals surface area contributed by atoms with Crippen LogP contribution in [0.15, 0.2) is 34.9 Å². The van der Waals surface area contributed by atoms with Crippen LogP contribution in [0.25, 0.3) is 0 Å². The minimum absolute atomic E-state index is 0.0137. The second kappa shape index (κ2) is 12.5. The number of aromatic nitrogens is 1. The van der Waals surface area contributed by atoms with E-state index >= 15 is 0 Å². The summed E-state index contributed by atoms with van der Waals surface area (Å²) in [6.07, 6.45) is 1.01. The van der Waals surface area contributed by atoms with Gasteiger partial charge in [0.05, 0.1) is 44.4 Å². The Hall–Kier alpha value is -2.99. The van der Waals surface area contributed by atoms with Gasteiger partial charge >= 0.3 is 6.03 Å². The molecule has 2 aromatic rings. The molecule has 1 aromatic heterocycles. The number of amides is 3. The van der Waals surface area contributed by atoms with Gasteiger partial charge < -0.3 is 34.6 Å². The number of aliphatic hydroxyl groups is 1. The van der Waals surface area contributed by atoms with Crippen molar-refractivity contribution >= 4 is 17.6 Å². The predicted octanol–water partition coefficient (Wildman–Crippen LogP) is 2.21. The van der Waals surface area contributed by atoms with Crippen molar-refractivity contribution in [2.24, 2.45) is 0 Å².